The van der Waals surface area contributed by atoms with Gasteiger partial charge in [-0.3, -0.25) is 0 Å². The van der Waals surface area contributed by atoms with Crippen LogP contribution in [0.5, 0.6) is 0 Å². The van der Waals surface area contributed by atoms with E-state index in [-0.39, 0.29) is 0 Å². The highest BCUT2D eigenvalue weighted by atomic mass is 16.2. The van der Waals surface area contributed by atoms with Gasteiger partial charge in [-0.15, -0.1) is 0 Å². The molecule has 3 rings (SSSR count). The van der Waals surface area contributed by atoms with E-state index >= 15 is 0 Å². The molecule has 0 aliphatic heterocycles. The van der Waals surface area contributed by atoms with Crippen molar-refractivity contribution in [3.63, 3.8) is 0 Å². The van der Waals surface area contributed by atoms with Crippen LogP contribution in [-0.2, 0) is 0 Å². The molecule has 0 amide bonds. The van der Waals surface area contributed by atoms with Crippen molar-refractivity contribution >= 4 is 0 Å². The third-order valence-electron chi connectivity index (χ3n) is 7.86. The summed E-state index contributed by atoms with van der Waals surface area (Å²) in [7, 11) is 0. The van der Waals surface area contributed by atoms with E-state index in [1.54, 1.807) is 0 Å². The van der Waals surface area contributed by atoms with E-state index in [1.165, 1.54) is 103 Å². The molecule has 0 aromatic heterocycles. The molecule has 1 heteroatoms. The second kappa shape index (κ2) is 8.88. The van der Waals surface area contributed by atoms with Crippen molar-refractivity contribution in [3.8, 4) is 0 Å². The van der Waals surface area contributed by atoms with Gasteiger partial charge in [0.1, 0.15) is 0 Å². The minimum Gasteiger partial charge on any atom is -0.396 e. The SMILES string of the molecule is OCCCC(C1CCCCC1)(C1CCCCC1)C1CCCCC1. The highest BCUT2D eigenvalue weighted by Gasteiger charge is 2.49. The maximum Gasteiger partial charge on any atom is 0.0431 e. The van der Waals surface area contributed by atoms with Gasteiger partial charge in [0.2, 0.25) is 0 Å². The quantitative estimate of drug-likeness (QED) is 0.593. The first-order chi connectivity index (χ1) is 11.4. The topological polar surface area (TPSA) is 20.2 Å². The summed E-state index contributed by atoms with van der Waals surface area (Å²) in [6.45, 7) is 0.411. The Bertz CT molecular complexity index is 273. The minimum absolute atomic E-state index is 0.411. The molecule has 3 aliphatic carbocycles. The fourth-order valence-corrected chi connectivity index (χ4v) is 6.92. The van der Waals surface area contributed by atoms with Crippen molar-refractivity contribution in [1.82, 2.24) is 0 Å². The number of hydrogen-bond donors (Lipinski definition) is 1. The fraction of sp³-hybridized carbons (Fsp3) is 1.00. The molecular formula is C22H40O. The van der Waals surface area contributed by atoms with Gasteiger partial charge in [-0.05, 0) is 74.5 Å². The van der Waals surface area contributed by atoms with E-state index in [0.717, 1.165) is 24.2 Å². The number of aliphatic hydroxyl groups excluding tert-OH is 1. The first kappa shape index (κ1) is 17.8. The minimum atomic E-state index is 0.411. The largest absolute Gasteiger partial charge is 0.396 e. The summed E-state index contributed by atoms with van der Waals surface area (Å²) in [5, 5.41) is 9.62. The third-order valence-corrected chi connectivity index (χ3v) is 7.86. The Hall–Kier alpha value is -0.0400. The zero-order valence-electron chi connectivity index (χ0n) is 15.4. The van der Waals surface area contributed by atoms with Crippen LogP contribution in [0, 0.1) is 23.2 Å². The van der Waals surface area contributed by atoms with Crippen molar-refractivity contribution in [1.29, 1.82) is 0 Å². The van der Waals surface area contributed by atoms with Crippen LogP contribution in [-0.4, -0.2) is 11.7 Å². The normalized spacial score (nSPS) is 26.5. The molecule has 134 valence electrons. The summed E-state index contributed by atoms with van der Waals surface area (Å²) in [6, 6.07) is 0. The predicted molar refractivity (Wildman–Crippen MR) is 98.5 cm³/mol. The van der Waals surface area contributed by atoms with Crippen molar-refractivity contribution in [2.45, 2.75) is 109 Å². The average Bonchev–Trinajstić information content (AvgIpc) is 2.65. The van der Waals surface area contributed by atoms with E-state index in [9.17, 15) is 5.11 Å². The van der Waals surface area contributed by atoms with E-state index < -0.39 is 0 Å². The van der Waals surface area contributed by atoms with Gasteiger partial charge in [-0.2, -0.15) is 0 Å². The van der Waals surface area contributed by atoms with E-state index in [0.29, 0.717) is 12.0 Å². The zero-order valence-corrected chi connectivity index (χ0v) is 15.4. The van der Waals surface area contributed by atoms with Crippen LogP contribution in [0.2, 0.25) is 0 Å². The van der Waals surface area contributed by atoms with E-state index in [2.05, 4.69) is 0 Å². The van der Waals surface area contributed by atoms with Crippen LogP contribution in [0.25, 0.3) is 0 Å². The van der Waals surface area contributed by atoms with Crippen LogP contribution in [0.1, 0.15) is 109 Å². The molecule has 0 aromatic rings. The highest BCUT2D eigenvalue weighted by Crippen LogP contribution is 2.58. The van der Waals surface area contributed by atoms with Crippen molar-refractivity contribution < 1.29 is 5.11 Å². The lowest BCUT2D eigenvalue weighted by molar-refractivity contribution is -0.0589. The third kappa shape index (κ3) is 3.97. The van der Waals surface area contributed by atoms with Gasteiger partial charge in [0, 0.05) is 6.61 Å². The Morgan fingerprint density at radius 2 is 0.913 bits per heavy atom. The summed E-state index contributed by atoms with van der Waals surface area (Å²) < 4.78 is 0. The molecule has 0 bridgehead atoms. The molecule has 3 saturated carbocycles. The highest BCUT2D eigenvalue weighted by molar-refractivity contribution is 4.99. The molecule has 3 aliphatic rings. The lowest BCUT2D eigenvalue weighted by atomic mass is 9.50. The van der Waals surface area contributed by atoms with Crippen LogP contribution >= 0.6 is 0 Å². The Labute approximate surface area is 144 Å². The standard InChI is InChI=1S/C22H40O/c23-18-10-17-22(19-11-4-1-5-12-19,20-13-6-2-7-14-20)21-15-8-3-9-16-21/h19-21,23H,1-18H2. The zero-order chi connectivity index (χ0) is 16.0. The van der Waals surface area contributed by atoms with Crippen LogP contribution in [0.4, 0.5) is 0 Å². The molecular weight excluding hydrogens is 280 g/mol. The molecule has 0 saturated heterocycles. The molecule has 0 aromatic carbocycles. The molecule has 0 unspecified atom stereocenters. The molecule has 23 heavy (non-hydrogen) atoms. The van der Waals surface area contributed by atoms with Gasteiger partial charge in [0.25, 0.3) is 0 Å². The monoisotopic (exact) mass is 320 g/mol. The maximum absolute atomic E-state index is 9.62. The van der Waals surface area contributed by atoms with Crippen molar-refractivity contribution in [3.05, 3.63) is 0 Å². The average molecular weight is 321 g/mol. The van der Waals surface area contributed by atoms with Crippen LogP contribution in [0.15, 0.2) is 0 Å². The summed E-state index contributed by atoms with van der Waals surface area (Å²) >= 11 is 0. The summed E-state index contributed by atoms with van der Waals surface area (Å²) in [5.74, 6) is 2.94. The summed E-state index contributed by atoms with van der Waals surface area (Å²) in [5.41, 5.74) is 0.601. The van der Waals surface area contributed by atoms with Gasteiger partial charge in [-0.1, -0.05) is 57.8 Å². The lowest BCUT2D eigenvalue weighted by Gasteiger charge is -2.55. The van der Waals surface area contributed by atoms with Crippen molar-refractivity contribution in [2.24, 2.45) is 23.2 Å². The molecule has 0 spiro atoms. The van der Waals surface area contributed by atoms with Crippen molar-refractivity contribution in [2.75, 3.05) is 6.61 Å². The number of hydrogen-bond acceptors (Lipinski definition) is 1. The Kier molecular flexibility index (Phi) is 6.86. The second-order valence-electron chi connectivity index (χ2n) is 8.94. The molecule has 3 fully saturated rings. The van der Waals surface area contributed by atoms with E-state index in [1.807, 2.05) is 0 Å². The lowest BCUT2D eigenvalue weighted by Crippen LogP contribution is -2.47. The van der Waals surface area contributed by atoms with Gasteiger partial charge in [0.15, 0.2) is 0 Å². The van der Waals surface area contributed by atoms with Gasteiger partial charge in [0.05, 0.1) is 0 Å². The Morgan fingerprint density at radius 1 is 0.565 bits per heavy atom. The molecule has 0 radical (unpaired) electrons. The predicted octanol–water partition coefficient (Wildman–Crippen LogP) is 6.49. The Morgan fingerprint density at radius 3 is 1.22 bits per heavy atom. The smallest absolute Gasteiger partial charge is 0.0431 e. The van der Waals surface area contributed by atoms with E-state index in [4.69, 9.17) is 0 Å². The van der Waals surface area contributed by atoms with Crippen LogP contribution < -0.4 is 0 Å². The molecule has 0 atom stereocenters. The molecule has 1 nitrogen and oxygen atoms in total. The Balaban J connectivity index is 1.88. The fourth-order valence-electron chi connectivity index (χ4n) is 6.92. The number of rotatable bonds is 6. The summed E-state index contributed by atoms with van der Waals surface area (Å²) in [4.78, 5) is 0. The van der Waals surface area contributed by atoms with Gasteiger partial charge >= 0.3 is 0 Å². The van der Waals surface area contributed by atoms with Gasteiger partial charge < -0.3 is 5.11 Å². The van der Waals surface area contributed by atoms with Crippen LogP contribution in [0.3, 0.4) is 0 Å². The summed E-state index contributed by atoms with van der Waals surface area (Å²) in [6.07, 6.45) is 24.7. The van der Waals surface area contributed by atoms with Gasteiger partial charge in [-0.25, -0.2) is 0 Å². The first-order valence-corrected chi connectivity index (χ1v) is 11.0. The number of aliphatic hydroxyl groups is 1. The maximum atomic E-state index is 9.62. The second-order valence-corrected chi connectivity index (χ2v) is 8.94. The first-order valence-electron chi connectivity index (χ1n) is 11.0. The molecule has 1 N–H and O–H groups in total. The molecule has 0 heterocycles.